The highest BCUT2D eigenvalue weighted by atomic mass is 35.5. The lowest BCUT2D eigenvalue weighted by molar-refractivity contribution is 0.387. The van der Waals surface area contributed by atoms with Gasteiger partial charge in [-0.25, -0.2) is 0 Å². The summed E-state index contributed by atoms with van der Waals surface area (Å²) in [6.45, 7) is 1.97. The molecule has 1 heterocycles. The van der Waals surface area contributed by atoms with Gasteiger partial charge in [0.05, 0.1) is 11.9 Å². The Morgan fingerprint density at radius 1 is 1.78 bits per heavy atom. The van der Waals surface area contributed by atoms with Gasteiger partial charge in [-0.2, -0.15) is 0 Å². The van der Waals surface area contributed by atoms with Crippen molar-refractivity contribution >= 4 is 18.1 Å². The van der Waals surface area contributed by atoms with Crippen LogP contribution in [0.2, 0.25) is 0 Å². The SMILES string of the molecule is CCc1oncc1N.Cl. The summed E-state index contributed by atoms with van der Waals surface area (Å²) in [6.07, 6.45) is 2.32. The molecule has 0 fully saturated rings. The number of nitrogens with zero attached hydrogens (tertiary/aromatic N) is 1. The van der Waals surface area contributed by atoms with E-state index in [-0.39, 0.29) is 12.4 Å². The summed E-state index contributed by atoms with van der Waals surface area (Å²) in [7, 11) is 0. The topological polar surface area (TPSA) is 52.0 Å². The number of nitrogens with two attached hydrogens (primary N) is 1. The van der Waals surface area contributed by atoms with E-state index in [1.165, 1.54) is 6.20 Å². The van der Waals surface area contributed by atoms with Crippen molar-refractivity contribution in [3.05, 3.63) is 12.0 Å². The van der Waals surface area contributed by atoms with E-state index in [4.69, 9.17) is 10.3 Å². The average molecular weight is 149 g/mol. The van der Waals surface area contributed by atoms with Gasteiger partial charge in [0.1, 0.15) is 0 Å². The maximum atomic E-state index is 5.39. The van der Waals surface area contributed by atoms with Crippen molar-refractivity contribution in [2.75, 3.05) is 5.73 Å². The molecule has 1 aromatic heterocycles. The first kappa shape index (κ1) is 8.30. The van der Waals surface area contributed by atoms with Crippen LogP contribution in [-0.2, 0) is 6.42 Å². The van der Waals surface area contributed by atoms with Crippen molar-refractivity contribution in [1.29, 1.82) is 0 Å². The summed E-state index contributed by atoms with van der Waals surface area (Å²) in [4.78, 5) is 0. The molecule has 0 amide bonds. The minimum atomic E-state index is 0. The molecule has 4 heteroatoms. The van der Waals surface area contributed by atoms with E-state index in [0.717, 1.165) is 12.2 Å². The van der Waals surface area contributed by atoms with E-state index >= 15 is 0 Å². The standard InChI is InChI=1S/C5H8N2O.ClH/c1-2-5-4(6)3-7-8-5;/h3H,2,6H2,1H3;1H. The first-order valence-corrected chi connectivity index (χ1v) is 2.53. The van der Waals surface area contributed by atoms with Crippen LogP contribution in [0.1, 0.15) is 12.7 Å². The number of hydrogen-bond donors (Lipinski definition) is 1. The minimum Gasteiger partial charge on any atom is -0.395 e. The largest absolute Gasteiger partial charge is 0.395 e. The Balaban J connectivity index is 0.000000640. The number of anilines is 1. The molecule has 1 rings (SSSR count). The Kier molecular flexibility index (Phi) is 3.09. The van der Waals surface area contributed by atoms with Gasteiger partial charge in [-0.1, -0.05) is 12.1 Å². The van der Waals surface area contributed by atoms with Gasteiger partial charge in [0, 0.05) is 6.42 Å². The summed E-state index contributed by atoms with van der Waals surface area (Å²) < 4.78 is 4.74. The van der Waals surface area contributed by atoms with Gasteiger partial charge in [0.25, 0.3) is 0 Å². The van der Waals surface area contributed by atoms with Crippen LogP contribution >= 0.6 is 12.4 Å². The highest BCUT2D eigenvalue weighted by molar-refractivity contribution is 5.85. The van der Waals surface area contributed by atoms with E-state index in [2.05, 4.69) is 5.16 Å². The average Bonchev–Trinajstić information content (AvgIpc) is 2.14. The third-order valence-corrected chi connectivity index (χ3v) is 0.998. The van der Waals surface area contributed by atoms with Crippen LogP contribution in [-0.4, -0.2) is 5.16 Å². The summed E-state index contributed by atoms with van der Waals surface area (Å²) >= 11 is 0. The van der Waals surface area contributed by atoms with Gasteiger partial charge in [-0.05, 0) is 0 Å². The molecule has 3 nitrogen and oxygen atoms in total. The maximum absolute atomic E-state index is 5.39. The molecule has 0 aliphatic carbocycles. The molecule has 0 saturated heterocycles. The zero-order valence-electron chi connectivity index (χ0n) is 5.13. The van der Waals surface area contributed by atoms with Crippen LogP contribution in [0.4, 0.5) is 5.69 Å². The quantitative estimate of drug-likeness (QED) is 0.652. The minimum absolute atomic E-state index is 0. The molecule has 0 unspecified atom stereocenters. The van der Waals surface area contributed by atoms with E-state index in [1.54, 1.807) is 0 Å². The fourth-order valence-electron chi connectivity index (χ4n) is 0.540. The molecular weight excluding hydrogens is 140 g/mol. The number of rotatable bonds is 1. The van der Waals surface area contributed by atoms with Crippen LogP contribution in [0.3, 0.4) is 0 Å². The molecule has 2 N–H and O–H groups in total. The van der Waals surface area contributed by atoms with Crippen molar-refractivity contribution in [2.24, 2.45) is 0 Å². The Labute approximate surface area is 59.6 Å². The fourth-order valence-corrected chi connectivity index (χ4v) is 0.540. The van der Waals surface area contributed by atoms with Gasteiger partial charge in [-0.3, -0.25) is 0 Å². The predicted molar refractivity (Wildman–Crippen MR) is 37.5 cm³/mol. The number of nitrogen functional groups attached to an aromatic ring is 1. The van der Waals surface area contributed by atoms with E-state index in [0.29, 0.717) is 5.69 Å². The van der Waals surface area contributed by atoms with Gasteiger partial charge >= 0.3 is 0 Å². The van der Waals surface area contributed by atoms with Crippen molar-refractivity contribution in [3.8, 4) is 0 Å². The molecule has 0 aromatic carbocycles. The van der Waals surface area contributed by atoms with Crippen molar-refractivity contribution in [2.45, 2.75) is 13.3 Å². The van der Waals surface area contributed by atoms with E-state index in [9.17, 15) is 0 Å². The first-order valence-electron chi connectivity index (χ1n) is 2.53. The molecule has 0 radical (unpaired) electrons. The highest BCUT2D eigenvalue weighted by Gasteiger charge is 1.97. The molecule has 0 bridgehead atoms. The fraction of sp³-hybridized carbons (Fsp3) is 0.400. The Morgan fingerprint density at radius 3 is 2.67 bits per heavy atom. The molecule has 1 aromatic rings. The lowest BCUT2D eigenvalue weighted by Gasteiger charge is -1.84. The lowest BCUT2D eigenvalue weighted by Crippen LogP contribution is -1.85. The maximum Gasteiger partial charge on any atom is 0.159 e. The molecular formula is C5H9ClN2O. The Bertz CT molecular complexity index is 175. The highest BCUT2D eigenvalue weighted by Crippen LogP contribution is 2.08. The van der Waals surface area contributed by atoms with Gasteiger partial charge < -0.3 is 10.3 Å². The first-order chi connectivity index (χ1) is 3.84. The Morgan fingerprint density at radius 2 is 2.44 bits per heavy atom. The number of halogens is 1. The molecule has 0 aliphatic rings. The smallest absolute Gasteiger partial charge is 0.159 e. The summed E-state index contributed by atoms with van der Waals surface area (Å²) in [5.74, 6) is 0.769. The van der Waals surface area contributed by atoms with E-state index in [1.807, 2.05) is 6.92 Å². The second-order valence-corrected chi connectivity index (χ2v) is 1.56. The third-order valence-electron chi connectivity index (χ3n) is 0.998. The number of hydrogen-bond acceptors (Lipinski definition) is 3. The summed E-state index contributed by atoms with van der Waals surface area (Å²) in [6, 6.07) is 0. The summed E-state index contributed by atoms with van der Waals surface area (Å²) in [5, 5.41) is 3.49. The normalized spacial score (nSPS) is 8.56. The lowest BCUT2D eigenvalue weighted by atomic mass is 10.3. The second-order valence-electron chi connectivity index (χ2n) is 1.56. The van der Waals surface area contributed by atoms with Crippen LogP contribution in [0, 0.1) is 0 Å². The predicted octanol–water partition coefficient (Wildman–Crippen LogP) is 1.24. The zero-order chi connectivity index (χ0) is 5.98. The number of aromatic nitrogens is 1. The van der Waals surface area contributed by atoms with Gasteiger partial charge in [-0.15, -0.1) is 12.4 Å². The molecule has 9 heavy (non-hydrogen) atoms. The third kappa shape index (κ3) is 1.61. The van der Waals surface area contributed by atoms with Crippen molar-refractivity contribution in [3.63, 3.8) is 0 Å². The van der Waals surface area contributed by atoms with Crippen LogP contribution in [0.25, 0.3) is 0 Å². The Hall–Kier alpha value is -0.700. The monoisotopic (exact) mass is 148 g/mol. The molecule has 0 saturated carbocycles. The second kappa shape index (κ2) is 3.35. The van der Waals surface area contributed by atoms with Crippen LogP contribution < -0.4 is 5.73 Å². The molecule has 0 spiro atoms. The van der Waals surface area contributed by atoms with Crippen molar-refractivity contribution < 1.29 is 4.52 Å². The van der Waals surface area contributed by atoms with Crippen molar-refractivity contribution in [1.82, 2.24) is 5.16 Å². The zero-order valence-corrected chi connectivity index (χ0v) is 5.94. The van der Waals surface area contributed by atoms with E-state index < -0.39 is 0 Å². The molecule has 52 valence electrons. The van der Waals surface area contributed by atoms with Gasteiger partial charge in [0.15, 0.2) is 5.76 Å². The number of aryl methyl sites for hydroxylation is 1. The van der Waals surface area contributed by atoms with Gasteiger partial charge in [0.2, 0.25) is 0 Å². The summed E-state index contributed by atoms with van der Waals surface area (Å²) in [5.41, 5.74) is 6.04. The molecule has 0 aliphatic heterocycles. The van der Waals surface area contributed by atoms with Crippen LogP contribution in [0.5, 0.6) is 0 Å². The van der Waals surface area contributed by atoms with Crippen LogP contribution in [0.15, 0.2) is 10.7 Å². The molecule has 0 atom stereocenters.